The smallest absolute Gasteiger partial charge is 0.406 e. The van der Waals surface area contributed by atoms with E-state index in [0.29, 0.717) is 5.56 Å². The van der Waals surface area contributed by atoms with Crippen LogP contribution in [0.2, 0.25) is 0 Å². The third-order valence-corrected chi connectivity index (χ3v) is 2.88. The fourth-order valence-electron chi connectivity index (χ4n) is 1.95. The minimum atomic E-state index is -4.81. The number of nitrogens with zero attached hydrogens (tertiary/aromatic N) is 3. The molecule has 6 nitrogen and oxygen atoms in total. The molecule has 0 saturated carbocycles. The topological polar surface area (TPSA) is 68.6 Å². The van der Waals surface area contributed by atoms with Gasteiger partial charge in [0.15, 0.2) is 5.82 Å². The average Bonchev–Trinajstić information content (AvgIpc) is 2.54. The summed E-state index contributed by atoms with van der Waals surface area (Å²) in [7, 11) is 1.37. The molecular weight excluding hydrogens is 382 g/mol. The third-order valence-electron chi connectivity index (χ3n) is 2.88. The number of methoxy groups -OCH3 is 1. The Bertz CT molecular complexity index is 790. The molecule has 0 amide bonds. The Morgan fingerprint density at radius 2 is 1.78 bits per heavy atom. The third kappa shape index (κ3) is 6.73. The maximum Gasteiger partial charge on any atom is 0.573 e. The van der Waals surface area contributed by atoms with Gasteiger partial charge < -0.3 is 9.47 Å². The van der Waals surface area contributed by atoms with Gasteiger partial charge in [0.2, 0.25) is 0 Å². The second-order valence-electron chi connectivity index (χ2n) is 4.97. The second-order valence-corrected chi connectivity index (χ2v) is 4.97. The van der Waals surface area contributed by atoms with Crippen molar-refractivity contribution < 1.29 is 35.8 Å². The van der Waals surface area contributed by atoms with E-state index in [1.54, 1.807) is 0 Å². The molecule has 0 fully saturated rings. The van der Waals surface area contributed by atoms with Crippen molar-refractivity contribution in [1.29, 1.82) is 0 Å². The van der Waals surface area contributed by atoms with E-state index in [1.165, 1.54) is 19.2 Å². The Kier molecular flexibility index (Phi) is 6.20. The minimum absolute atomic E-state index is 0.0400. The predicted octanol–water partition coefficient (Wildman–Crippen LogP) is 4.15. The van der Waals surface area contributed by atoms with Crippen LogP contribution in [0.3, 0.4) is 0 Å². The fraction of sp³-hybridized carbons (Fsp3) is 0.267. The standard InChI is InChI=1S/C15H12F6N4O2/c1-26-7-11-13(9-2-4-10(5-3-9)27-15(19,20)21)22-6-12(24-11)25-23-8-14(16,17)18/h2-6,8H,7H2,1H3,(H,24,25)/b23-8+. The van der Waals surface area contributed by atoms with Crippen LogP contribution in [0, 0.1) is 0 Å². The van der Waals surface area contributed by atoms with E-state index in [1.807, 2.05) is 0 Å². The van der Waals surface area contributed by atoms with Gasteiger partial charge in [-0.2, -0.15) is 18.3 Å². The molecule has 0 spiro atoms. The number of alkyl halides is 6. The number of benzene rings is 1. The molecule has 0 radical (unpaired) electrons. The highest BCUT2D eigenvalue weighted by atomic mass is 19.4. The van der Waals surface area contributed by atoms with Crippen molar-refractivity contribution in [2.75, 3.05) is 12.5 Å². The number of hydrogen-bond acceptors (Lipinski definition) is 6. The molecule has 1 aromatic heterocycles. The van der Waals surface area contributed by atoms with E-state index in [4.69, 9.17) is 4.74 Å². The summed E-state index contributed by atoms with van der Waals surface area (Å²) in [5.41, 5.74) is 3.02. The zero-order valence-corrected chi connectivity index (χ0v) is 13.6. The molecule has 0 atom stereocenters. The molecule has 1 heterocycles. The van der Waals surface area contributed by atoms with Crippen molar-refractivity contribution in [3.05, 3.63) is 36.2 Å². The van der Waals surface area contributed by atoms with Gasteiger partial charge in [0.1, 0.15) is 12.0 Å². The van der Waals surface area contributed by atoms with Gasteiger partial charge in [-0.15, -0.1) is 13.2 Å². The van der Waals surface area contributed by atoms with Crippen LogP contribution in [0.25, 0.3) is 11.3 Å². The molecular formula is C15H12F6N4O2. The zero-order valence-electron chi connectivity index (χ0n) is 13.6. The van der Waals surface area contributed by atoms with E-state index in [-0.39, 0.29) is 30.0 Å². The maximum absolute atomic E-state index is 12.2. The molecule has 0 aliphatic heterocycles. The van der Waals surface area contributed by atoms with Crippen LogP contribution in [-0.4, -0.2) is 35.8 Å². The predicted molar refractivity (Wildman–Crippen MR) is 83.0 cm³/mol. The SMILES string of the molecule is COCc1nc(N/N=C/C(F)(F)F)cnc1-c1ccc(OC(F)(F)F)cc1. The number of nitrogens with one attached hydrogen (secondary N) is 1. The van der Waals surface area contributed by atoms with Crippen molar-refractivity contribution in [2.45, 2.75) is 19.1 Å². The molecule has 0 aliphatic rings. The van der Waals surface area contributed by atoms with E-state index in [2.05, 4.69) is 25.2 Å². The molecule has 27 heavy (non-hydrogen) atoms. The molecule has 0 bridgehead atoms. The van der Waals surface area contributed by atoms with Gasteiger partial charge in [0, 0.05) is 12.7 Å². The van der Waals surface area contributed by atoms with Crippen LogP contribution < -0.4 is 10.2 Å². The first-order chi connectivity index (χ1) is 12.6. The fourth-order valence-corrected chi connectivity index (χ4v) is 1.95. The van der Waals surface area contributed by atoms with Crippen LogP contribution >= 0.6 is 0 Å². The number of hydrogen-bond donors (Lipinski definition) is 1. The summed E-state index contributed by atoms with van der Waals surface area (Å²) >= 11 is 0. The normalized spacial score (nSPS) is 12.4. The summed E-state index contributed by atoms with van der Waals surface area (Å²) in [5, 5.41) is 3.00. The van der Waals surface area contributed by atoms with Gasteiger partial charge in [0.25, 0.3) is 0 Å². The summed E-state index contributed by atoms with van der Waals surface area (Å²) in [6.45, 7) is -0.0400. The first-order valence-electron chi connectivity index (χ1n) is 7.15. The van der Waals surface area contributed by atoms with Gasteiger partial charge in [-0.05, 0) is 24.3 Å². The van der Waals surface area contributed by atoms with Crippen LogP contribution in [0.4, 0.5) is 32.2 Å². The lowest BCUT2D eigenvalue weighted by atomic mass is 10.1. The molecule has 1 N–H and O–H groups in total. The van der Waals surface area contributed by atoms with Crippen LogP contribution in [-0.2, 0) is 11.3 Å². The van der Waals surface area contributed by atoms with Crippen molar-refractivity contribution in [3.63, 3.8) is 0 Å². The molecule has 2 aromatic rings. The number of rotatable bonds is 6. The van der Waals surface area contributed by atoms with Crippen LogP contribution in [0.15, 0.2) is 35.6 Å². The van der Waals surface area contributed by atoms with E-state index < -0.39 is 18.3 Å². The lowest BCUT2D eigenvalue weighted by Crippen LogP contribution is -2.17. The molecule has 12 heteroatoms. The van der Waals surface area contributed by atoms with Crippen molar-refractivity contribution in [1.82, 2.24) is 9.97 Å². The van der Waals surface area contributed by atoms with Crippen LogP contribution in [0.1, 0.15) is 5.69 Å². The largest absolute Gasteiger partial charge is 0.573 e. The summed E-state index contributed by atoms with van der Waals surface area (Å²) in [6, 6.07) is 4.86. The van der Waals surface area contributed by atoms with Gasteiger partial charge >= 0.3 is 12.5 Å². The second kappa shape index (κ2) is 8.20. The maximum atomic E-state index is 12.2. The monoisotopic (exact) mass is 394 g/mol. The van der Waals surface area contributed by atoms with Crippen molar-refractivity contribution >= 4 is 12.0 Å². The number of hydrazone groups is 1. The van der Waals surface area contributed by atoms with E-state index in [0.717, 1.165) is 18.3 Å². The van der Waals surface area contributed by atoms with Gasteiger partial charge in [-0.25, -0.2) is 4.98 Å². The number of aromatic nitrogens is 2. The summed E-state index contributed by atoms with van der Waals surface area (Å²) in [5.74, 6) is -0.476. The minimum Gasteiger partial charge on any atom is -0.406 e. The number of halogens is 6. The van der Waals surface area contributed by atoms with Gasteiger partial charge in [-0.3, -0.25) is 10.4 Å². The zero-order chi connectivity index (χ0) is 20.1. The van der Waals surface area contributed by atoms with Crippen LogP contribution in [0.5, 0.6) is 5.75 Å². The first-order valence-corrected chi connectivity index (χ1v) is 7.15. The molecule has 0 aliphatic carbocycles. The number of anilines is 1. The lowest BCUT2D eigenvalue weighted by molar-refractivity contribution is -0.274. The lowest BCUT2D eigenvalue weighted by Gasteiger charge is -2.11. The Hall–Kier alpha value is -2.89. The van der Waals surface area contributed by atoms with Crippen molar-refractivity contribution in [2.24, 2.45) is 5.10 Å². The highest BCUT2D eigenvalue weighted by molar-refractivity contribution is 5.66. The quantitative estimate of drug-likeness (QED) is 0.453. The summed E-state index contributed by atoms with van der Waals surface area (Å²) < 4.78 is 81.5. The molecule has 0 saturated heterocycles. The van der Waals surface area contributed by atoms with E-state index >= 15 is 0 Å². The molecule has 2 rings (SSSR count). The van der Waals surface area contributed by atoms with Gasteiger partial charge in [-0.1, -0.05) is 0 Å². The highest BCUT2D eigenvalue weighted by Crippen LogP contribution is 2.27. The van der Waals surface area contributed by atoms with Crippen molar-refractivity contribution in [3.8, 4) is 17.0 Å². The van der Waals surface area contributed by atoms with E-state index in [9.17, 15) is 26.3 Å². The Labute approximate surface area is 148 Å². The highest BCUT2D eigenvalue weighted by Gasteiger charge is 2.31. The Morgan fingerprint density at radius 1 is 1.11 bits per heavy atom. The average molecular weight is 394 g/mol. The summed E-state index contributed by atoms with van der Waals surface area (Å²) in [4.78, 5) is 8.11. The molecule has 0 unspecified atom stereocenters. The Morgan fingerprint density at radius 3 is 2.33 bits per heavy atom. The number of ether oxygens (including phenoxy) is 2. The van der Waals surface area contributed by atoms with Gasteiger partial charge in [0.05, 0.1) is 24.2 Å². The molecule has 1 aromatic carbocycles. The first kappa shape index (κ1) is 20.4. The summed E-state index contributed by atoms with van der Waals surface area (Å²) in [6.07, 6.45) is -8.52. The Balaban J connectivity index is 2.24. The molecule has 146 valence electrons.